The van der Waals surface area contributed by atoms with Gasteiger partial charge in [-0.15, -0.1) is 0 Å². The molecule has 1 aliphatic heterocycles. The third-order valence-corrected chi connectivity index (χ3v) is 5.42. The van der Waals surface area contributed by atoms with Crippen LogP contribution in [0.5, 0.6) is 0 Å². The van der Waals surface area contributed by atoms with Gasteiger partial charge in [0.2, 0.25) is 0 Å². The van der Waals surface area contributed by atoms with Crippen molar-refractivity contribution >= 4 is 17.9 Å². The number of rotatable bonds is 7. The average molecular weight is 482 g/mol. The number of hydrogen-bond acceptors (Lipinski definition) is 6. The molecule has 0 spiro atoms. The summed E-state index contributed by atoms with van der Waals surface area (Å²) in [6.45, 7) is 5.46. The average Bonchev–Trinajstić information content (AvgIpc) is 2.87. The SMILES string of the molecule is C[C@@H](O)[C@H](NC(=O)c1ccc(/C=C(\F)C#Cc2ccc(CN3CCOCC3)cc2)cc1)C(=O)NO. The molecule has 184 valence electrons. The van der Waals surface area contributed by atoms with Gasteiger partial charge >= 0.3 is 0 Å². The first-order chi connectivity index (χ1) is 16.9. The maximum absolute atomic E-state index is 14.3. The van der Waals surface area contributed by atoms with Crippen molar-refractivity contribution in [1.82, 2.24) is 15.7 Å². The largest absolute Gasteiger partial charge is 0.391 e. The second kappa shape index (κ2) is 12.8. The van der Waals surface area contributed by atoms with Crippen molar-refractivity contribution in [3.8, 4) is 11.8 Å². The van der Waals surface area contributed by atoms with E-state index in [1.54, 1.807) is 0 Å². The van der Waals surface area contributed by atoms with Crippen LogP contribution in [0.25, 0.3) is 6.08 Å². The van der Waals surface area contributed by atoms with Crippen molar-refractivity contribution in [1.29, 1.82) is 0 Å². The van der Waals surface area contributed by atoms with Gasteiger partial charge in [0.15, 0.2) is 5.83 Å². The molecule has 2 aromatic rings. The number of carbonyl (C=O) groups is 2. The van der Waals surface area contributed by atoms with Crippen molar-refractivity contribution in [2.75, 3.05) is 26.3 Å². The topological polar surface area (TPSA) is 111 Å². The number of carbonyl (C=O) groups excluding carboxylic acids is 2. The summed E-state index contributed by atoms with van der Waals surface area (Å²) in [6.07, 6.45) is 0.0289. The first-order valence-electron chi connectivity index (χ1n) is 11.2. The fraction of sp³-hybridized carbons (Fsp3) is 0.308. The van der Waals surface area contributed by atoms with Crippen LogP contribution in [-0.2, 0) is 16.1 Å². The summed E-state index contributed by atoms with van der Waals surface area (Å²) in [5, 5.41) is 20.7. The molecular weight excluding hydrogens is 453 g/mol. The van der Waals surface area contributed by atoms with Crippen LogP contribution in [0.4, 0.5) is 4.39 Å². The zero-order chi connectivity index (χ0) is 25.2. The Hall–Kier alpha value is -3.55. The molecule has 1 heterocycles. The predicted octanol–water partition coefficient (Wildman–Crippen LogP) is 1.87. The highest BCUT2D eigenvalue weighted by molar-refractivity contribution is 5.97. The Labute approximate surface area is 203 Å². The summed E-state index contributed by atoms with van der Waals surface area (Å²) >= 11 is 0. The van der Waals surface area contributed by atoms with Gasteiger partial charge in [-0.05, 0) is 54.3 Å². The minimum atomic E-state index is -1.33. The Morgan fingerprint density at radius 2 is 1.80 bits per heavy atom. The number of morpholine rings is 1. The molecule has 8 nitrogen and oxygen atoms in total. The van der Waals surface area contributed by atoms with Gasteiger partial charge in [-0.1, -0.05) is 30.2 Å². The summed E-state index contributed by atoms with van der Waals surface area (Å²) in [6, 6.07) is 12.3. The van der Waals surface area contributed by atoms with Crippen LogP contribution in [-0.4, -0.2) is 65.5 Å². The van der Waals surface area contributed by atoms with Crippen molar-refractivity contribution in [2.45, 2.75) is 25.6 Å². The number of benzene rings is 2. The summed E-state index contributed by atoms with van der Waals surface area (Å²) in [5.74, 6) is 3.08. The molecule has 35 heavy (non-hydrogen) atoms. The molecule has 4 N–H and O–H groups in total. The Kier molecular flexibility index (Phi) is 9.52. The Morgan fingerprint density at radius 1 is 1.14 bits per heavy atom. The lowest BCUT2D eigenvalue weighted by molar-refractivity contribution is -0.133. The smallest absolute Gasteiger partial charge is 0.268 e. The van der Waals surface area contributed by atoms with Gasteiger partial charge in [0.25, 0.3) is 11.8 Å². The first-order valence-corrected chi connectivity index (χ1v) is 11.2. The van der Waals surface area contributed by atoms with Gasteiger partial charge in [-0.25, -0.2) is 5.48 Å². The highest BCUT2D eigenvalue weighted by Crippen LogP contribution is 2.12. The Morgan fingerprint density at radius 3 is 2.40 bits per heavy atom. The van der Waals surface area contributed by atoms with E-state index in [0.29, 0.717) is 11.1 Å². The summed E-state index contributed by atoms with van der Waals surface area (Å²) in [5.41, 5.74) is 3.95. The normalized spacial score (nSPS) is 15.9. The van der Waals surface area contributed by atoms with Crippen LogP contribution in [0, 0.1) is 11.8 Å². The van der Waals surface area contributed by atoms with Crippen LogP contribution >= 0.6 is 0 Å². The zero-order valence-corrected chi connectivity index (χ0v) is 19.3. The molecule has 0 saturated carbocycles. The molecule has 0 aliphatic carbocycles. The monoisotopic (exact) mass is 481 g/mol. The summed E-state index contributed by atoms with van der Waals surface area (Å²) in [7, 11) is 0. The number of amides is 2. The number of halogens is 1. The lowest BCUT2D eigenvalue weighted by atomic mass is 10.1. The maximum Gasteiger partial charge on any atom is 0.268 e. The van der Waals surface area contributed by atoms with E-state index in [1.807, 2.05) is 24.3 Å². The fourth-order valence-electron chi connectivity index (χ4n) is 3.46. The molecule has 3 rings (SSSR count). The lowest BCUT2D eigenvalue weighted by Crippen LogP contribution is -2.51. The third-order valence-electron chi connectivity index (χ3n) is 5.42. The van der Waals surface area contributed by atoms with E-state index in [4.69, 9.17) is 9.94 Å². The Balaban J connectivity index is 1.58. The van der Waals surface area contributed by atoms with Crippen LogP contribution in [0.3, 0.4) is 0 Å². The molecule has 2 aromatic carbocycles. The lowest BCUT2D eigenvalue weighted by Gasteiger charge is -2.26. The quantitative estimate of drug-likeness (QED) is 0.273. The van der Waals surface area contributed by atoms with Gasteiger partial charge in [0.1, 0.15) is 6.04 Å². The van der Waals surface area contributed by atoms with Gasteiger partial charge in [0.05, 0.1) is 19.3 Å². The molecule has 0 aromatic heterocycles. The number of aliphatic hydroxyl groups excluding tert-OH is 1. The molecule has 1 aliphatic rings. The standard InChI is InChI=1S/C26H28FN3O5/c1-18(31)24(26(33)29-34)28-25(32)22-9-6-20(7-10-22)16-23(27)11-8-19-2-4-21(5-3-19)17-30-12-14-35-15-13-30/h2-7,9-10,16,18,24,31,34H,12-15,17H2,1H3,(H,28,32)(H,29,33)/b23-16-/t18-,24+/m1/s1. The molecule has 1 saturated heterocycles. The summed E-state index contributed by atoms with van der Waals surface area (Å²) in [4.78, 5) is 26.2. The molecule has 0 unspecified atom stereocenters. The van der Waals surface area contributed by atoms with Gasteiger partial charge in [0, 0.05) is 30.8 Å². The van der Waals surface area contributed by atoms with Crippen LogP contribution < -0.4 is 10.8 Å². The van der Waals surface area contributed by atoms with E-state index in [2.05, 4.69) is 22.1 Å². The van der Waals surface area contributed by atoms with Gasteiger partial charge in [-0.3, -0.25) is 19.7 Å². The van der Waals surface area contributed by atoms with Gasteiger partial charge < -0.3 is 15.2 Å². The molecule has 0 radical (unpaired) electrons. The third kappa shape index (κ3) is 8.02. The molecular formula is C26H28FN3O5. The molecule has 9 heteroatoms. The number of nitrogens with zero attached hydrogens (tertiary/aromatic N) is 1. The number of nitrogens with one attached hydrogen (secondary N) is 2. The number of ether oxygens (including phenoxy) is 1. The number of hydrogen-bond donors (Lipinski definition) is 4. The highest BCUT2D eigenvalue weighted by Gasteiger charge is 2.25. The summed E-state index contributed by atoms with van der Waals surface area (Å²) < 4.78 is 19.7. The van der Waals surface area contributed by atoms with E-state index >= 15 is 0 Å². The van der Waals surface area contributed by atoms with Crippen molar-refractivity contribution in [3.05, 3.63) is 76.6 Å². The van der Waals surface area contributed by atoms with E-state index in [-0.39, 0.29) is 5.56 Å². The van der Waals surface area contributed by atoms with Crippen molar-refractivity contribution < 1.29 is 29.0 Å². The molecule has 1 fully saturated rings. The van der Waals surface area contributed by atoms with Crippen LogP contribution in [0.1, 0.15) is 34.0 Å². The molecule has 0 bridgehead atoms. The van der Waals surface area contributed by atoms with E-state index < -0.39 is 29.8 Å². The minimum absolute atomic E-state index is 0.196. The van der Waals surface area contributed by atoms with Crippen LogP contribution in [0.15, 0.2) is 54.4 Å². The van der Waals surface area contributed by atoms with Crippen molar-refractivity contribution in [3.63, 3.8) is 0 Å². The molecule has 2 amide bonds. The van der Waals surface area contributed by atoms with Crippen LogP contribution in [0.2, 0.25) is 0 Å². The Bertz CT molecular complexity index is 1100. The van der Waals surface area contributed by atoms with E-state index in [9.17, 15) is 19.1 Å². The number of hydroxylamine groups is 1. The highest BCUT2D eigenvalue weighted by atomic mass is 19.1. The first kappa shape index (κ1) is 26.1. The van der Waals surface area contributed by atoms with E-state index in [1.165, 1.54) is 42.7 Å². The fourth-order valence-corrected chi connectivity index (χ4v) is 3.46. The van der Waals surface area contributed by atoms with Crippen molar-refractivity contribution in [2.24, 2.45) is 0 Å². The van der Waals surface area contributed by atoms with E-state index in [0.717, 1.165) is 38.4 Å². The molecule has 2 atom stereocenters. The predicted molar refractivity (Wildman–Crippen MR) is 128 cm³/mol. The number of allylic oxidation sites excluding steroid dienone is 1. The van der Waals surface area contributed by atoms with Gasteiger partial charge in [-0.2, -0.15) is 4.39 Å². The maximum atomic E-state index is 14.3. The number of aliphatic hydroxyl groups is 1. The second-order valence-electron chi connectivity index (χ2n) is 8.12. The second-order valence-corrected chi connectivity index (χ2v) is 8.12. The minimum Gasteiger partial charge on any atom is -0.391 e. The zero-order valence-electron chi connectivity index (χ0n) is 19.3.